The van der Waals surface area contributed by atoms with Gasteiger partial charge >= 0.3 is 0 Å². The normalized spacial score (nSPS) is 13.9. The van der Waals surface area contributed by atoms with Gasteiger partial charge in [0.05, 0.1) is 24.4 Å². The third kappa shape index (κ3) is 4.34. The number of benzene rings is 2. The SMILES string of the molecule is CCc1nc2c(c(-c3ccc(OC)cc3)n1)CCN(Cc1ccc(C#N)cc1)CC2. The van der Waals surface area contributed by atoms with E-state index in [1.54, 1.807) is 7.11 Å². The standard InChI is InChI=1S/C25H26N4O/c1-3-24-27-23-13-15-29(17-19-6-4-18(16-26)5-7-19)14-12-22(23)25(28-24)20-8-10-21(30-2)11-9-20/h4-11H,3,12-15,17H2,1-2H3. The van der Waals surface area contributed by atoms with Crippen LogP contribution in [0.15, 0.2) is 48.5 Å². The molecule has 0 radical (unpaired) electrons. The summed E-state index contributed by atoms with van der Waals surface area (Å²) in [4.78, 5) is 12.2. The molecule has 0 amide bonds. The quantitative estimate of drug-likeness (QED) is 0.645. The first-order valence-corrected chi connectivity index (χ1v) is 10.4. The molecular weight excluding hydrogens is 372 g/mol. The molecule has 5 nitrogen and oxygen atoms in total. The molecular formula is C25H26N4O. The minimum absolute atomic E-state index is 0.702. The molecule has 0 unspecified atom stereocenters. The topological polar surface area (TPSA) is 62.0 Å². The van der Waals surface area contributed by atoms with Crippen molar-refractivity contribution in [2.24, 2.45) is 0 Å². The minimum atomic E-state index is 0.702. The molecule has 0 spiro atoms. The summed E-state index contributed by atoms with van der Waals surface area (Å²) in [6.07, 6.45) is 2.67. The fourth-order valence-corrected chi connectivity index (χ4v) is 3.94. The highest BCUT2D eigenvalue weighted by atomic mass is 16.5. The highest BCUT2D eigenvalue weighted by molar-refractivity contribution is 5.65. The summed E-state index contributed by atoms with van der Waals surface area (Å²) in [7, 11) is 1.68. The summed E-state index contributed by atoms with van der Waals surface area (Å²) >= 11 is 0. The number of ether oxygens (including phenoxy) is 1. The van der Waals surface area contributed by atoms with Crippen LogP contribution in [0.1, 0.15) is 35.1 Å². The number of nitrogens with zero attached hydrogens (tertiary/aromatic N) is 4. The van der Waals surface area contributed by atoms with Gasteiger partial charge in [-0.1, -0.05) is 19.1 Å². The van der Waals surface area contributed by atoms with Crippen LogP contribution in [0.5, 0.6) is 5.75 Å². The molecule has 0 bridgehead atoms. The van der Waals surface area contributed by atoms with Gasteiger partial charge in [0.1, 0.15) is 11.6 Å². The lowest BCUT2D eigenvalue weighted by Gasteiger charge is -2.19. The molecule has 30 heavy (non-hydrogen) atoms. The number of hydrogen-bond donors (Lipinski definition) is 0. The highest BCUT2D eigenvalue weighted by Gasteiger charge is 2.21. The average molecular weight is 399 g/mol. The minimum Gasteiger partial charge on any atom is -0.497 e. The second-order valence-electron chi connectivity index (χ2n) is 7.58. The third-order valence-electron chi connectivity index (χ3n) is 5.65. The highest BCUT2D eigenvalue weighted by Crippen LogP contribution is 2.28. The Kier molecular flexibility index (Phi) is 6.06. The lowest BCUT2D eigenvalue weighted by molar-refractivity contribution is 0.279. The van der Waals surface area contributed by atoms with Crippen LogP contribution in [-0.4, -0.2) is 35.1 Å². The summed E-state index contributed by atoms with van der Waals surface area (Å²) in [6, 6.07) is 18.2. The van der Waals surface area contributed by atoms with E-state index in [4.69, 9.17) is 20.0 Å². The molecule has 0 saturated carbocycles. The Hall–Kier alpha value is -3.23. The summed E-state index contributed by atoms with van der Waals surface area (Å²) in [6.45, 7) is 4.92. The van der Waals surface area contributed by atoms with E-state index < -0.39 is 0 Å². The summed E-state index contributed by atoms with van der Waals surface area (Å²) in [5.41, 5.74) is 6.54. The van der Waals surface area contributed by atoms with Crippen LogP contribution < -0.4 is 4.74 Å². The van der Waals surface area contributed by atoms with Crippen LogP contribution >= 0.6 is 0 Å². The number of nitriles is 1. The van der Waals surface area contributed by atoms with Crippen molar-refractivity contribution in [2.75, 3.05) is 20.2 Å². The van der Waals surface area contributed by atoms with E-state index in [0.717, 1.165) is 61.7 Å². The van der Waals surface area contributed by atoms with E-state index in [-0.39, 0.29) is 0 Å². The van der Waals surface area contributed by atoms with Crippen LogP contribution in [-0.2, 0) is 25.8 Å². The fourth-order valence-electron chi connectivity index (χ4n) is 3.94. The van der Waals surface area contributed by atoms with E-state index in [9.17, 15) is 0 Å². The van der Waals surface area contributed by atoms with Crippen molar-refractivity contribution in [3.05, 3.63) is 76.7 Å². The van der Waals surface area contributed by atoms with Gasteiger partial charge in [0, 0.05) is 49.3 Å². The van der Waals surface area contributed by atoms with Crippen LogP contribution in [0.3, 0.4) is 0 Å². The Morgan fingerprint density at radius 2 is 1.73 bits per heavy atom. The Morgan fingerprint density at radius 3 is 2.40 bits per heavy atom. The summed E-state index contributed by atoms with van der Waals surface area (Å²) < 4.78 is 5.31. The lowest BCUT2D eigenvalue weighted by Crippen LogP contribution is -2.25. The van der Waals surface area contributed by atoms with Gasteiger partial charge in [-0.2, -0.15) is 5.26 Å². The molecule has 3 aromatic rings. The van der Waals surface area contributed by atoms with Crippen LogP contribution in [0.2, 0.25) is 0 Å². The molecule has 0 saturated heterocycles. The second kappa shape index (κ2) is 9.06. The van der Waals surface area contributed by atoms with Crippen molar-refractivity contribution in [1.82, 2.24) is 14.9 Å². The number of rotatable bonds is 5. The predicted molar refractivity (Wildman–Crippen MR) is 117 cm³/mol. The maximum atomic E-state index is 9.00. The van der Waals surface area contributed by atoms with Gasteiger partial charge in [-0.05, 0) is 48.4 Å². The zero-order valence-electron chi connectivity index (χ0n) is 17.6. The van der Waals surface area contributed by atoms with Gasteiger partial charge < -0.3 is 4.74 Å². The maximum Gasteiger partial charge on any atom is 0.129 e. The van der Waals surface area contributed by atoms with E-state index in [1.807, 2.05) is 36.4 Å². The van der Waals surface area contributed by atoms with Crippen molar-refractivity contribution in [3.8, 4) is 23.1 Å². The Bertz CT molecular complexity index is 1050. The number of fused-ring (bicyclic) bond motifs is 1. The van der Waals surface area contributed by atoms with Gasteiger partial charge in [0.25, 0.3) is 0 Å². The molecule has 1 aliphatic rings. The average Bonchev–Trinajstić information content (AvgIpc) is 3.01. The predicted octanol–water partition coefficient (Wildman–Crippen LogP) is 4.19. The first kappa shape index (κ1) is 20.1. The van der Waals surface area contributed by atoms with Crippen molar-refractivity contribution in [3.63, 3.8) is 0 Å². The van der Waals surface area contributed by atoms with Gasteiger partial charge in [0.15, 0.2) is 0 Å². The molecule has 2 heterocycles. The first-order valence-electron chi connectivity index (χ1n) is 10.4. The van der Waals surface area contributed by atoms with E-state index in [0.29, 0.717) is 5.56 Å². The molecule has 0 N–H and O–H groups in total. The number of methoxy groups -OCH3 is 1. The van der Waals surface area contributed by atoms with E-state index in [2.05, 4.69) is 30.0 Å². The molecule has 5 heteroatoms. The fraction of sp³-hybridized carbons (Fsp3) is 0.320. The number of aryl methyl sites for hydroxylation is 1. The number of aromatic nitrogens is 2. The van der Waals surface area contributed by atoms with Gasteiger partial charge in [-0.15, -0.1) is 0 Å². The monoisotopic (exact) mass is 398 g/mol. The lowest BCUT2D eigenvalue weighted by atomic mass is 10.0. The molecule has 0 fully saturated rings. The molecule has 0 aliphatic carbocycles. The third-order valence-corrected chi connectivity index (χ3v) is 5.65. The molecule has 0 atom stereocenters. The second-order valence-corrected chi connectivity index (χ2v) is 7.58. The molecule has 1 aliphatic heterocycles. The Labute approximate surface area is 178 Å². The van der Waals surface area contributed by atoms with Crippen molar-refractivity contribution < 1.29 is 4.74 Å². The Morgan fingerprint density at radius 1 is 1.00 bits per heavy atom. The van der Waals surface area contributed by atoms with Gasteiger partial charge in [-0.25, -0.2) is 9.97 Å². The van der Waals surface area contributed by atoms with Crippen molar-refractivity contribution in [1.29, 1.82) is 5.26 Å². The van der Waals surface area contributed by atoms with E-state index >= 15 is 0 Å². The molecule has 2 aromatic carbocycles. The maximum absolute atomic E-state index is 9.00. The van der Waals surface area contributed by atoms with Gasteiger partial charge in [-0.3, -0.25) is 4.90 Å². The van der Waals surface area contributed by atoms with Crippen molar-refractivity contribution in [2.45, 2.75) is 32.7 Å². The van der Waals surface area contributed by atoms with Crippen LogP contribution in [0, 0.1) is 11.3 Å². The smallest absolute Gasteiger partial charge is 0.129 e. The molecule has 152 valence electrons. The zero-order valence-corrected chi connectivity index (χ0v) is 17.6. The number of hydrogen-bond acceptors (Lipinski definition) is 5. The first-order chi connectivity index (χ1) is 14.7. The molecule has 4 rings (SSSR count). The van der Waals surface area contributed by atoms with Crippen molar-refractivity contribution >= 4 is 0 Å². The van der Waals surface area contributed by atoms with E-state index in [1.165, 1.54) is 16.8 Å². The van der Waals surface area contributed by atoms with Gasteiger partial charge in [0.2, 0.25) is 0 Å². The molecule has 1 aromatic heterocycles. The zero-order chi connectivity index (χ0) is 20.9. The largest absolute Gasteiger partial charge is 0.497 e. The summed E-state index contributed by atoms with van der Waals surface area (Å²) in [5, 5.41) is 9.00. The van der Waals surface area contributed by atoms with Crippen LogP contribution in [0.25, 0.3) is 11.3 Å². The summed E-state index contributed by atoms with van der Waals surface area (Å²) in [5.74, 6) is 1.75. The Balaban J connectivity index is 1.59. The van der Waals surface area contributed by atoms with Crippen LogP contribution in [0.4, 0.5) is 0 Å².